The number of rotatable bonds is 5. The van der Waals surface area contributed by atoms with Crippen molar-refractivity contribution in [3.63, 3.8) is 0 Å². The summed E-state index contributed by atoms with van der Waals surface area (Å²) in [4.78, 5) is 13.3. The minimum absolute atomic E-state index is 0.0631. The number of phenols is 1. The number of amides is 1. The Balaban J connectivity index is 1.92. The van der Waals surface area contributed by atoms with Crippen molar-refractivity contribution in [2.24, 2.45) is 10.2 Å². The van der Waals surface area contributed by atoms with Gasteiger partial charge in [-0.25, -0.2) is 0 Å². The molecule has 0 heterocycles. The van der Waals surface area contributed by atoms with E-state index in [0.717, 1.165) is 16.5 Å². The first kappa shape index (κ1) is 18.7. The second-order valence-electron chi connectivity index (χ2n) is 6.16. The third kappa shape index (κ3) is 4.35. The maximum atomic E-state index is 11.3. The zero-order valence-electron chi connectivity index (χ0n) is 15.0. The molecule has 0 bridgehead atoms. The van der Waals surface area contributed by atoms with E-state index in [1.165, 1.54) is 0 Å². The van der Waals surface area contributed by atoms with E-state index >= 15 is 0 Å². The number of alkyl halides is 1. The average Bonchev–Trinajstić information content (AvgIpc) is 2.67. The largest absolute Gasteiger partial charge is 0.506 e. The van der Waals surface area contributed by atoms with E-state index in [1.807, 2.05) is 43.3 Å². The molecule has 1 amide bonds. The first-order valence-electron chi connectivity index (χ1n) is 8.28. The van der Waals surface area contributed by atoms with Crippen molar-refractivity contribution in [3.8, 4) is 5.75 Å². The number of hydrogen-bond donors (Lipinski definition) is 2. The van der Waals surface area contributed by atoms with Crippen molar-refractivity contribution in [2.45, 2.75) is 0 Å². The summed E-state index contributed by atoms with van der Waals surface area (Å²) in [7, 11) is 3.91. The summed E-state index contributed by atoms with van der Waals surface area (Å²) in [6.45, 7) is 0. The second kappa shape index (κ2) is 8.05. The van der Waals surface area contributed by atoms with Gasteiger partial charge in [0.05, 0.1) is 5.69 Å². The molecule has 0 saturated heterocycles. The molecular formula is C20H19ClN4O2. The first-order valence-corrected chi connectivity index (χ1v) is 8.82. The Hall–Kier alpha value is -3.12. The monoisotopic (exact) mass is 382 g/mol. The Kier molecular flexibility index (Phi) is 5.57. The van der Waals surface area contributed by atoms with Gasteiger partial charge in [0.25, 0.3) is 0 Å². The fraction of sp³-hybridized carbons (Fsp3) is 0.150. The lowest BCUT2D eigenvalue weighted by molar-refractivity contribution is -0.113. The molecule has 6 nitrogen and oxygen atoms in total. The van der Waals surface area contributed by atoms with E-state index in [4.69, 9.17) is 11.6 Å². The summed E-state index contributed by atoms with van der Waals surface area (Å²) in [6.07, 6.45) is 0. The molecule has 0 aliphatic rings. The van der Waals surface area contributed by atoms with Crippen LogP contribution in [0.3, 0.4) is 0 Å². The van der Waals surface area contributed by atoms with Crippen LogP contribution in [-0.2, 0) is 4.79 Å². The minimum Gasteiger partial charge on any atom is -0.506 e. The van der Waals surface area contributed by atoms with E-state index in [9.17, 15) is 9.90 Å². The lowest BCUT2D eigenvalue weighted by Gasteiger charge is -2.14. The number of nitrogens with zero attached hydrogens (tertiary/aromatic N) is 3. The summed E-state index contributed by atoms with van der Waals surface area (Å²) in [6, 6.07) is 16.3. The summed E-state index contributed by atoms with van der Waals surface area (Å²) in [5, 5.41) is 23.2. The molecule has 0 saturated carbocycles. The highest BCUT2D eigenvalue weighted by atomic mass is 35.5. The molecule has 27 heavy (non-hydrogen) atoms. The van der Waals surface area contributed by atoms with Crippen LogP contribution in [0.25, 0.3) is 10.8 Å². The van der Waals surface area contributed by atoms with Crippen LogP contribution in [0, 0.1) is 0 Å². The highest BCUT2D eigenvalue weighted by Gasteiger charge is 2.08. The predicted molar refractivity (Wildman–Crippen MR) is 110 cm³/mol. The Morgan fingerprint density at radius 3 is 2.44 bits per heavy atom. The van der Waals surface area contributed by atoms with Crippen LogP contribution in [0.4, 0.5) is 22.7 Å². The highest BCUT2D eigenvalue weighted by molar-refractivity contribution is 6.29. The van der Waals surface area contributed by atoms with Crippen LogP contribution in [0.15, 0.2) is 64.8 Å². The van der Waals surface area contributed by atoms with Gasteiger partial charge in [0.2, 0.25) is 5.91 Å². The van der Waals surface area contributed by atoms with Crippen LogP contribution in [0.5, 0.6) is 5.75 Å². The number of carbonyl (C=O) groups excluding carboxylic acids is 1. The first-order chi connectivity index (χ1) is 13.0. The molecule has 3 aromatic carbocycles. The number of phenolic OH excluding ortho intramolecular Hbond substituents is 1. The van der Waals surface area contributed by atoms with Crippen molar-refractivity contribution in [2.75, 3.05) is 30.2 Å². The van der Waals surface area contributed by atoms with Gasteiger partial charge >= 0.3 is 0 Å². The summed E-state index contributed by atoms with van der Waals surface area (Å²) in [5.41, 5.74) is 2.64. The van der Waals surface area contributed by atoms with Crippen molar-refractivity contribution >= 4 is 51.0 Å². The Labute approximate surface area is 162 Å². The predicted octanol–water partition coefficient (Wildman–Crippen LogP) is 5.20. The maximum absolute atomic E-state index is 11.3. The lowest BCUT2D eigenvalue weighted by atomic mass is 10.1. The zero-order chi connectivity index (χ0) is 19.4. The molecule has 0 atom stereocenters. The van der Waals surface area contributed by atoms with E-state index < -0.39 is 0 Å². The molecule has 3 aromatic rings. The van der Waals surface area contributed by atoms with Gasteiger partial charge in [-0.15, -0.1) is 16.7 Å². The van der Waals surface area contributed by atoms with Crippen molar-refractivity contribution < 1.29 is 9.90 Å². The van der Waals surface area contributed by atoms with E-state index in [0.29, 0.717) is 17.1 Å². The standard InChI is InChI=1S/C20H19ClN4O2/c1-25(2)16-9-3-13-4-10-18(26)20(17(13)11-16)24-23-15-7-5-14(6-8-15)22-19(27)12-21/h3-11,26H,12H2,1-2H3,(H,22,27). The van der Waals surface area contributed by atoms with E-state index in [2.05, 4.69) is 15.5 Å². The van der Waals surface area contributed by atoms with Crippen molar-refractivity contribution in [1.82, 2.24) is 0 Å². The van der Waals surface area contributed by atoms with E-state index in [1.54, 1.807) is 30.3 Å². The van der Waals surface area contributed by atoms with Crippen molar-refractivity contribution in [1.29, 1.82) is 0 Å². The number of nitrogens with one attached hydrogen (secondary N) is 1. The number of azo groups is 1. The quantitative estimate of drug-likeness (QED) is 0.470. The fourth-order valence-corrected chi connectivity index (χ4v) is 2.64. The van der Waals surface area contributed by atoms with Gasteiger partial charge in [-0.05, 0) is 47.9 Å². The fourth-order valence-electron chi connectivity index (χ4n) is 2.58. The average molecular weight is 383 g/mol. The lowest BCUT2D eigenvalue weighted by Crippen LogP contribution is -2.12. The molecular weight excluding hydrogens is 364 g/mol. The van der Waals surface area contributed by atoms with Crippen LogP contribution in [-0.4, -0.2) is 31.0 Å². The molecule has 0 spiro atoms. The molecule has 2 N–H and O–H groups in total. The van der Waals surface area contributed by atoms with Crippen LogP contribution in [0.2, 0.25) is 0 Å². The molecule has 0 aliphatic heterocycles. The zero-order valence-corrected chi connectivity index (χ0v) is 15.7. The number of benzene rings is 3. The van der Waals surface area contributed by atoms with Gasteiger partial charge in [-0.2, -0.15) is 5.11 Å². The summed E-state index contributed by atoms with van der Waals surface area (Å²) < 4.78 is 0. The number of halogens is 1. The normalized spacial score (nSPS) is 11.1. The smallest absolute Gasteiger partial charge is 0.239 e. The molecule has 138 valence electrons. The van der Waals surface area contributed by atoms with Crippen LogP contribution >= 0.6 is 11.6 Å². The molecule has 7 heteroatoms. The van der Waals surface area contributed by atoms with Crippen LogP contribution < -0.4 is 10.2 Å². The molecule has 0 aromatic heterocycles. The molecule has 0 fully saturated rings. The third-order valence-electron chi connectivity index (χ3n) is 4.01. The minimum atomic E-state index is -0.275. The van der Waals surface area contributed by atoms with Crippen molar-refractivity contribution in [3.05, 3.63) is 54.6 Å². The molecule has 3 rings (SSSR count). The Morgan fingerprint density at radius 1 is 1.07 bits per heavy atom. The summed E-state index contributed by atoms with van der Waals surface area (Å²) in [5.74, 6) is -0.312. The number of hydrogen-bond acceptors (Lipinski definition) is 5. The number of anilines is 2. The van der Waals surface area contributed by atoms with Gasteiger partial charge in [-0.3, -0.25) is 4.79 Å². The number of fused-ring (bicyclic) bond motifs is 1. The molecule has 0 aliphatic carbocycles. The van der Waals surface area contributed by atoms with Gasteiger partial charge in [0, 0.05) is 30.9 Å². The Bertz CT molecular complexity index is 1000. The third-order valence-corrected chi connectivity index (χ3v) is 4.25. The molecule has 0 radical (unpaired) electrons. The van der Waals surface area contributed by atoms with E-state index in [-0.39, 0.29) is 17.5 Å². The number of aromatic hydroxyl groups is 1. The van der Waals surface area contributed by atoms with Gasteiger partial charge in [-0.1, -0.05) is 12.1 Å². The summed E-state index contributed by atoms with van der Waals surface area (Å²) >= 11 is 5.47. The second-order valence-corrected chi connectivity index (χ2v) is 6.43. The Morgan fingerprint density at radius 2 is 1.78 bits per heavy atom. The van der Waals surface area contributed by atoms with Gasteiger partial charge < -0.3 is 15.3 Å². The van der Waals surface area contributed by atoms with Gasteiger partial charge in [0.15, 0.2) is 0 Å². The number of carbonyl (C=O) groups is 1. The topological polar surface area (TPSA) is 77.3 Å². The SMILES string of the molecule is CN(C)c1ccc2ccc(O)c(N=Nc3ccc(NC(=O)CCl)cc3)c2c1. The maximum Gasteiger partial charge on any atom is 0.239 e. The van der Waals surface area contributed by atoms with Crippen LogP contribution in [0.1, 0.15) is 0 Å². The molecule has 0 unspecified atom stereocenters. The van der Waals surface area contributed by atoms with Gasteiger partial charge in [0.1, 0.15) is 17.3 Å². The highest BCUT2D eigenvalue weighted by Crippen LogP contribution is 2.37.